The van der Waals surface area contributed by atoms with Crippen LogP contribution in [0.1, 0.15) is 19.2 Å². The number of aromatic nitrogens is 3. The molecule has 13 heavy (non-hydrogen) atoms. The molecule has 0 amide bonds. The molecule has 0 fully saturated rings. The monoisotopic (exact) mass is 181 g/mol. The van der Waals surface area contributed by atoms with Gasteiger partial charge in [-0.15, -0.1) is 10.2 Å². The minimum atomic E-state index is 0.687. The van der Waals surface area contributed by atoms with Gasteiger partial charge in [-0.05, 0) is 0 Å². The van der Waals surface area contributed by atoms with E-state index in [2.05, 4.69) is 15.2 Å². The summed E-state index contributed by atoms with van der Waals surface area (Å²) in [6, 6.07) is 0. The normalized spacial score (nSPS) is 12.0. The molecule has 0 aliphatic heterocycles. The quantitative estimate of drug-likeness (QED) is 0.530. The van der Waals surface area contributed by atoms with Crippen molar-refractivity contribution in [3.63, 3.8) is 0 Å². The van der Waals surface area contributed by atoms with Gasteiger partial charge in [0.25, 0.3) is 0 Å². The smallest absolute Gasteiger partial charge is 0.134 e. The van der Waals surface area contributed by atoms with Gasteiger partial charge in [0.15, 0.2) is 0 Å². The van der Waals surface area contributed by atoms with Crippen molar-refractivity contribution in [3.8, 4) is 0 Å². The molecule has 0 radical (unpaired) electrons. The van der Waals surface area contributed by atoms with Crippen molar-refractivity contribution in [3.05, 3.63) is 12.2 Å². The fraction of sp³-hybridized carbons (Fsp3) is 0.625. The zero-order valence-corrected chi connectivity index (χ0v) is 8.06. The van der Waals surface area contributed by atoms with Crippen molar-refractivity contribution in [2.75, 3.05) is 6.54 Å². The van der Waals surface area contributed by atoms with Crippen LogP contribution in [-0.2, 0) is 13.5 Å². The summed E-state index contributed by atoms with van der Waals surface area (Å²) >= 11 is 0. The number of rotatable bonds is 4. The van der Waals surface area contributed by atoms with Crippen LogP contribution in [0.2, 0.25) is 0 Å². The lowest BCUT2D eigenvalue weighted by atomic mass is 10.4. The van der Waals surface area contributed by atoms with E-state index < -0.39 is 0 Å². The van der Waals surface area contributed by atoms with Crippen molar-refractivity contribution in [2.45, 2.75) is 19.8 Å². The highest BCUT2D eigenvalue weighted by molar-refractivity contribution is 5.79. The number of aryl methyl sites for hydroxylation is 1. The number of nitrogens with zero attached hydrogens (tertiary/aromatic N) is 4. The fourth-order valence-electron chi connectivity index (χ4n) is 0.945. The Hall–Kier alpha value is -1.39. The molecule has 0 saturated carbocycles. The number of nitrogens with two attached hydrogens (primary N) is 1. The van der Waals surface area contributed by atoms with E-state index in [1.54, 1.807) is 6.33 Å². The Bertz CT molecular complexity index is 288. The predicted molar refractivity (Wildman–Crippen MR) is 51.5 cm³/mol. The molecular weight excluding hydrogens is 166 g/mol. The van der Waals surface area contributed by atoms with Crippen LogP contribution in [0.5, 0.6) is 0 Å². The molecule has 0 aliphatic rings. The van der Waals surface area contributed by atoms with Crippen molar-refractivity contribution >= 4 is 5.84 Å². The maximum absolute atomic E-state index is 5.56. The highest BCUT2D eigenvalue weighted by Crippen LogP contribution is 1.93. The third-order valence-electron chi connectivity index (χ3n) is 1.82. The number of hydrogen-bond acceptors (Lipinski definition) is 3. The zero-order chi connectivity index (χ0) is 9.68. The minimum absolute atomic E-state index is 0.687. The lowest BCUT2D eigenvalue weighted by Gasteiger charge is -1.97. The van der Waals surface area contributed by atoms with Gasteiger partial charge in [-0.1, -0.05) is 6.92 Å². The Morgan fingerprint density at radius 3 is 3.00 bits per heavy atom. The summed E-state index contributed by atoms with van der Waals surface area (Å²) in [7, 11) is 1.92. The summed E-state index contributed by atoms with van der Waals surface area (Å²) in [5.74, 6) is 1.63. The largest absolute Gasteiger partial charge is 0.387 e. The molecule has 1 heterocycles. The minimum Gasteiger partial charge on any atom is -0.387 e. The number of aliphatic imine (C=N–C) groups is 1. The van der Waals surface area contributed by atoms with Crippen molar-refractivity contribution in [1.82, 2.24) is 14.8 Å². The molecule has 72 valence electrons. The second kappa shape index (κ2) is 4.59. The molecule has 0 bridgehead atoms. The first-order valence-electron chi connectivity index (χ1n) is 4.35. The van der Waals surface area contributed by atoms with Gasteiger partial charge in [-0.25, -0.2) is 0 Å². The third kappa shape index (κ3) is 2.85. The molecule has 0 spiro atoms. The Morgan fingerprint density at radius 2 is 2.46 bits per heavy atom. The molecule has 2 N–H and O–H groups in total. The maximum atomic E-state index is 5.56. The van der Waals surface area contributed by atoms with Gasteiger partial charge < -0.3 is 10.3 Å². The van der Waals surface area contributed by atoms with Gasteiger partial charge in [0.1, 0.15) is 12.2 Å². The summed E-state index contributed by atoms with van der Waals surface area (Å²) in [5.41, 5.74) is 5.56. The molecule has 1 rings (SSSR count). The van der Waals surface area contributed by atoms with Gasteiger partial charge >= 0.3 is 0 Å². The highest BCUT2D eigenvalue weighted by atomic mass is 15.2. The van der Waals surface area contributed by atoms with Crippen LogP contribution in [0.4, 0.5) is 0 Å². The van der Waals surface area contributed by atoms with Crippen LogP contribution in [0, 0.1) is 0 Å². The van der Waals surface area contributed by atoms with E-state index in [1.165, 1.54) is 0 Å². The average Bonchev–Trinajstić information content (AvgIpc) is 2.52. The average molecular weight is 181 g/mol. The molecule has 1 aromatic rings. The first kappa shape index (κ1) is 9.70. The van der Waals surface area contributed by atoms with Crippen LogP contribution in [0.3, 0.4) is 0 Å². The SMILES string of the molecule is CCC(N)=NCCc1nncn1C. The maximum Gasteiger partial charge on any atom is 0.134 e. The molecule has 0 aromatic carbocycles. The van der Waals surface area contributed by atoms with Gasteiger partial charge in [0.05, 0.1) is 5.84 Å². The molecule has 1 aromatic heterocycles. The summed E-state index contributed by atoms with van der Waals surface area (Å²) in [6.45, 7) is 2.67. The Balaban J connectivity index is 2.40. The molecule has 0 unspecified atom stereocenters. The molecule has 0 saturated heterocycles. The van der Waals surface area contributed by atoms with E-state index >= 15 is 0 Å². The van der Waals surface area contributed by atoms with E-state index in [1.807, 2.05) is 18.5 Å². The van der Waals surface area contributed by atoms with E-state index in [9.17, 15) is 0 Å². The first-order chi connectivity index (χ1) is 6.24. The van der Waals surface area contributed by atoms with Gasteiger partial charge in [-0.2, -0.15) is 0 Å². The summed E-state index contributed by atoms with van der Waals surface area (Å²) in [5, 5.41) is 7.71. The Morgan fingerprint density at radius 1 is 1.69 bits per heavy atom. The summed E-state index contributed by atoms with van der Waals surface area (Å²) < 4.78 is 1.89. The lowest BCUT2D eigenvalue weighted by molar-refractivity contribution is 0.775. The van der Waals surface area contributed by atoms with E-state index in [4.69, 9.17) is 5.73 Å². The van der Waals surface area contributed by atoms with Crippen LogP contribution in [0.25, 0.3) is 0 Å². The van der Waals surface area contributed by atoms with Gasteiger partial charge in [0, 0.05) is 26.4 Å². The molecular formula is C8H15N5. The molecule has 0 aliphatic carbocycles. The third-order valence-corrected chi connectivity index (χ3v) is 1.82. The number of amidine groups is 1. The van der Waals surface area contributed by atoms with Crippen molar-refractivity contribution in [2.24, 2.45) is 17.8 Å². The molecule has 5 nitrogen and oxygen atoms in total. The van der Waals surface area contributed by atoms with Crippen LogP contribution < -0.4 is 5.73 Å². The van der Waals surface area contributed by atoms with Gasteiger partial charge in [-0.3, -0.25) is 4.99 Å². The molecule has 5 heteroatoms. The van der Waals surface area contributed by atoms with Gasteiger partial charge in [0.2, 0.25) is 0 Å². The van der Waals surface area contributed by atoms with Crippen LogP contribution in [0.15, 0.2) is 11.3 Å². The van der Waals surface area contributed by atoms with Crippen molar-refractivity contribution < 1.29 is 0 Å². The standard InChI is InChI=1S/C8H15N5/c1-3-7(9)10-5-4-8-12-11-6-13(8)2/h6H,3-5H2,1-2H3,(H2,9,10). The first-order valence-corrected chi connectivity index (χ1v) is 4.35. The Labute approximate surface area is 77.7 Å². The van der Waals surface area contributed by atoms with Crippen LogP contribution in [-0.4, -0.2) is 27.1 Å². The summed E-state index contributed by atoms with van der Waals surface area (Å²) in [4.78, 5) is 4.17. The van der Waals surface area contributed by atoms with E-state index in [-0.39, 0.29) is 0 Å². The lowest BCUT2D eigenvalue weighted by Crippen LogP contribution is -2.11. The van der Waals surface area contributed by atoms with Crippen molar-refractivity contribution in [1.29, 1.82) is 0 Å². The Kier molecular flexibility index (Phi) is 3.42. The second-order valence-corrected chi connectivity index (χ2v) is 2.83. The van der Waals surface area contributed by atoms with E-state index in [0.29, 0.717) is 12.4 Å². The number of hydrogen-bond donors (Lipinski definition) is 1. The molecule has 0 atom stereocenters. The predicted octanol–water partition coefficient (Wildman–Crippen LogP) is 0.125. The van der Waals surface area contributed by atoms with Crippen LogP contribution >= 0.6 is 0 Å². The zero-order valence-electron chi connectivity index (χ0n) is 8.06. The highest BCUT2D eigenvalue weighted by Gasteiger charge is 1.98. The second-order valence-electron chi connectivity index (χ2n) is 2.83. The topological polar surface area (TPSA) is 69.1 Å². The summed E-state index contributed by atoms with van der Waals surface area (Å²) in [6.07, 6.45) is 3.28. The van der Waals surface area contributed by atoms with E-state index in [0.717, 1.165) is 18.7 Å². The fourth-order valence-corrected chi connectivity index (χ4v) is 0.945.